The summed E-state index contributed by atoms with van der Waals surface area (Å²) in [6.07, 6.45) is -4.17. The minimum absolute atomic E-state index is 0.0475. The molecule has 1 N–H and O–H groups in total. The number of nitrogens with one attached hydrogen (secondary N) is 1. The van der Waals surface area contributed by atoms with E-state index in [1.165, 1.54) is 23.5 Å². The molecule has 0 aliphatic carbocycles. The third-order valence-corrected chi connectivity index (χ3v) is 3.98. The summed E-state index contributed by atoms with van der Waals surface area (Å²) in [6, 6.07) is 7.18. The van der Waals surface area contributed by atoms with E-state index < -0.39 is 22.2 Å². The monoisotopic (exact) mass is 426 g/mol. The van der Waals surface area contributed by atoms with Gasteiger partial charge in [0.15, 0.2) is 6.61 Å². The van der Waals surface area contributed by atoms with Gasteiger partial charge in [-0.3, -0.25) is 0 Å². The van der Waals surface area contributed by atoms with Crippen LogP contribution in [-0.2, 0) is 28.1 Å². The summed E-state index contributed by atoms with van der Waals surface area (Å²) in [5.74, 6) is 0. The molecule has 0 bridgehead atoms. The molecule has 0 aliphatic rings. The Hall–Kier alpha value is -1.91. The van der Waals surface area contributed by atoms with E-state index in [9.17, 15) is 13.2 Å². The van der Waals surface area contributed by atoms with E-state index in [-0.39, 0.29) is 22.9 Å². The van der Waals surface area contributed by atoms with Gasteiger partial charge in [-0.2, -0.15) is 26.4 Å². The Bertz CT molecular complexity index is 845. The van der Waals surface area contributed by atoms with Crippen LogP contribution in [0.5, 0.6) is 0 Å². The van der Waals surface area contributed by atoms with Crippen molar-refractivity contribution in [1.82, 2.24) is 0 Å². The molecule has 0 aliphatic heterocycles. The van der Waals surface area contributed by atoms with Crippen LogP contribution in [0.1, 0.15) is 29.3 Å². The second kappa shape index (κ2) is 10.3. The van der Waals surface area contributed by atoms with Gasteiger partial charge in [0.25, 0.3) is 0 Å². The Labute approximate surface area is 158 Å². The van der Waals surface area contributed by atoms with Crippen LogP contribution in [0.3, 0.4) is 0 Å². The van der Waals surface area contributed by atoms with Crippen molar-refractivity contribution >= 4 is 39.1 Å². The van der Waals surface area contributed by atoms with Crippen LogP contribution in [0.15, 0.2) is 40.9 Å². The SMILES string of the molecule is CC/C(=N\OCc1cccs1)c1cc(Cl)ccc1C(F)(F)F.N=S(=O)=O. The summed E-state index contributed by atoms with van der Waals surface area (Å²) < 4.78 is 62.1. The highest BCUT2D eigenvalue weighted by Gasteiger charge is 2.34. The van der Waals surface area contributed by atoms with Crippen molar-refractivity contribution < 1.29 is 26.4 Å². The molecular weight excluding hydrogens is 413 g/mol. The van der Waals surface area contributed by atoms with Gasteiger partial charge < -0.3 is 4.84 Å². The summed E-state index contributed by atoms with van der Waals surface area (Å²) in [4.78, 5) is 6.13. The first kappa shape index (κ1) is 22.1. The lowest BCUT2D eigenvalue weighted by molar-refractivity contribution is -0.137. The van der Waals surface area contributed by atoms with Crippen LogP contribution in [0.25, 0.3) is 0 Å². The molecule has 11 heteroatoms. The molecule has 1 heterocycles. The predicted octanol–water partition coefficient (Wildman–Crippen LogP) is 5.38. The molecule has 2 aromatic rings. The summed E-state index contributed by atoms with van der Waals surface area (Å²) in [6.45, 7) is 1.94. The molecule has 0 unspecified atom stereocenters. The van der Waals surface area contributed by atoms with Gasteiger partial charge in [-0.1, -0.05) is 29.7 Å². The van der Waals surface area contributed by atoms with Crippen LogP contribution in [0.4, 0.5) is 13.2 Å². The second-order valence-electron chi connectivity index (χ2n) is 4.67. The fourth-order valence-electron chi connectivity index (χ4n) is 1.88. The minimum atomic E-state index is -4.47. The van der Waals surface area contributed by atoms with Crippen LogP contribution in [0, 0.1) is 4.78 Å². The minimum Gasteiger partial charge on any atom is -0.390 e. The van der Waals surface area contributed by atoms with Crippen molar-refractivity contribution in [2.45, 2.75) is 26.1 Å². The normalized spacial score (nSPS) is 11.5. The Balaban J connectivity index is 0.000000765. The first-order chi connectivity index (χ1) is 12.1. The first-order valence-electron chi connectivity index (χ1n) is 7.04. The van der Waals surface area contributed by atoms with E-state index in [4.69, 9.17) is 29.6 Å². The molecule has 0 spiro atoms. The molecular formula is C15H14ClF3N2O3S2. The molecule has 142 valence electrons. The van der Waals surface area contributed by atoms with Crippen LogP contribution < -0.4 is 0 Å². The molecule has 0 radical (unpaired) electrons. The van der Waals surface area contributed by atoms with E-state index in [0.29, 0.717) is 6.42 Å². The number of benzene rings is 1. The van der Waals surface area contributed by atoms with Crippen molar-refractivity contribution in [2.24, 2.45) is 5.16 Å². The molecule has 2 rings (SSSR count). The zero-order valence-electron chi connectivity index (χ0n) is 13.4. The lowest BCUT2D eigenvalue weighted by Crippen LogP contribution is -2.13. The third-order valence-electron chi connectivity index (χ3n) is 2.89. The maximum atomic E-state index is 13.1. The lowest BCUT2D eigenvalue weighted by atomic mass is 10.0. The molecule has 0 saturated carbocycles. The fraction of sp³-hybridized carbons (Fsp3) is 0.267. The Morgan fingerprint density at radius 3 is 2.50 bits per heavy atom. The van der Waals surface area contributed by atoms with Gasteiger partial charge in [0.2, 0.25) is 0 Å². The number of thiophene rings is 1. The molecule has 0 amide bonds. The van der Waals surface area contributed by atoms with Crippen molar-refractivity contribution in [2.75, 3.05) is 0 Å². The first-order valence-corrected chi connectivity index (χ1v) is 9.37. The smallest absolute Gasteiger partial charge is 0.390 e. The van der Waals surface area contributed by atoms with Gasteiger partial charge in [0, 0.05) is 15.5 Å². The largest absolute Gasteiger partial charge is 0.417 e. The average Bonchev–Trinajstić information content (AvgIpc) is 3.03. The summed E-state index contributed by atoms with van der Waals surface area (Å²) >= 11 is 7.31. The molecule has 1 aromatic carbocycles. The summed E-state index contributed by atoms with van der Waals surface area (Å²) in [7, 11) is -2.61. The molecule has 0 atom stereocenters. The lowest BCUT2D eigenvalue weighted by Gasteiger charge is -2.14. The highest BCUT2D eigenvalue weighted by Crippen LogP contribution is 2.34. The van der Waals surface area contributed by atoms with Gasteiger partial charge in [0.05, 0.1) is 11.3 Å². The number of halogens is 4. The van der Waals surface area contributed by atoms with Crippen LogP contribution >= 0.6 is 22.9 Å². The van der Waals surface area contributed by atoms with Gasteiger partial charge >= 0.3 is 16.7 Å². The van der Waals surface area contributed by atoms with Crippen molar-refractivity contribution in [3.63, 3.8) is 0 Å². The predicted molar refractivity (Wildman–Crippen MR) is 94.0 cm³/mol. The van der Waals surface area contributed by atoms with E-state index in [1.54, 1.807) is 6.92 Å². The van der Waals surface area contributed by atoms with Gasteiger partial charge in [-0.25, -0.2) is 0 Å². The maximum absolute atomic E-state index is 13.1. The summed E-state index contributed by atoms with van der Waals surface area (Å²) in [5, 5.41) is 5.98. The zero-order chi connectivity index (χ0) is 19.7. The quantitative estimate of drug-likeness (QED) is 0.515. The van der Waals surface area contributed by atoms with Crippen molar-refractivity contribution in [3.05, 3.63) is 56.7 Å². The van der Waals surface area contributed by atoms with E-state index in [1.807, 2.05) is 17.5 Å². The topological polar surface area (TPSA) is 79.6 Å². The average molecular weight is 427 g/mol. The Kier molecular flexibility index (Phi) is 8.76. The number of hydrogen-bond acceptors (Lipinski definition) is 6. The number of nitrogens with zero attached hydrogens (tertiary/aromatic N) is 1. The molecule has 5 nitrogen and oxygen atoms in total. The highest BCUT2D eigenvalue weighted by atomic mass is 35.5. The van der Waals surface area contributed by atoms with E-state index in [0.717, 1.165) is 10.9 Å². The van der Waals surface area contributed by atoms with E-state index in [2.05, 4.69) is 5.16 Å². The molecule has 1 aromatic heterocycles. The van der Waals surface area contributed by atoms with Gasteiger partial charge in [0.1, 0.15) is 0 Å². The molecule has 0 fully saturated rings. The molecule has 26 heavy (non-hydrogen) atoms. The Morgan fingerprint density at radius 1 is 1.35 bits per heavy atom. The number of hydrogen-bond donors (Lipinski definition) is 1. The zero-order valence-corrected chi connectivity index (χ0v) is 15.8. The van der Waals surface area contributed by atoms with E-state index >= 15 is 0 Å². The highest BCUT2D eigenvalue weighted by molar-refractivity contribution is 7.60. The summed E-state index contributed by atoms with van der Waals surface area (Å²) in [5.41, 5.74) is -0.600. The fourth-order valence-corrected chi connectivity index (χ4v) is 2.66. The second-order valence-corrected chi connectivity index (χ2v) is 6.60. The molecule has 0 saturated heterocycles. The van der Waals surface area contributed by atoms with Crippen LogP contribution in [0.2, 0.25) is 5.02 Å². The maximum Gasteiger partial charge on any atom is 0.417 e. The third kappa shape index (κ3) is 7.54. The van der Waals surface area contributed by atoms with Crippen molar-refractivity contribution in [1.29, 1.82) is 4.78 Å². The Morgan fingerprint density at radius 2 is 2.00 bits per heavy atom. The van der Waals surface area contributed by atoms with Crippen molar-refractivity contribution in [3.8, 4) is 0 Å². The van der Waals surface area contributed by atoms with Crippen LogP contribution in [-0.4, -0.2) is 14.1 Å². The standard InChI is InChI=1S/C15H13ClF3NOS.HNO2S/c1-2-14(20-21-9-11-4-3-7-22-11)12-8-10(16)5-6-13(12)15(17,18)19;1-4(2)3/h3-8H,2,9H2,1H3;1H/b20-14+;. The van der Waals surface area contributed by atoms with Gasteiger partial charge in [-0.15, -0.1) is 11.3 Å². The number of oxime groups is 1. The number of alkyl halides is 3. The van der Waals surface area contributed by atoms with Gasteiger partial charge in [-0.05, 0) is 36.1 Å². The number of rotatable bonds is 5.